The summed E-state index contributed by atoms with van der Waals surface area (Å²) in [5.74, 6) is -0.418. The molecule has 2 rings (SSSR count). The van der Waals surface area contributed by atoms with Crippen molar-refractivity contribution in [2.24, 2.45) is 0 Å². The van der Waals surface area contributed by atoms with Gasteiger partial charge in [-0.1, -0.05) is 0 Å². The fourth-order valence-electron chi connectivity index (χ4n) is 2.08. The number of ether oxygens (including phenoxy) is 1. The van der Waals surface area contributed by atoms with Crippen LogP contribution in [0.5, 0.6) is 0 Å². The third kappa shape index (κ3) is 2.76. The number of aromatic carboxylic acids is 1. The summed E-state index contributed by atoms with van der Waals surface area (Å²) in [6.07, 6.45) is 4.86. The molecule has 6 heteroatoms. The van der Waals surface area contributed by atoms with E-state index in [0.29, 0.717) is 11.6 Å². The van der Waals surface area contributed by atoms with Crippen LogP contribution in [0.1, 0.15) is 35.3 Å². The first-order valence-corrected chi connectivity index (χ1v) is 6.05. The van der Waals surface area contributed by atoms with Gasteiger partial charge in [0.25, 0.3) is 0 Å². The van der Waals surface area contributed by atoms with Gasteiger partial charge in [0.15, 0.2) is 0 Å². The van der Waals surface area contributed by atoms with Crippen LogP contribution in [0.2, 0.25) is 0 Å². The minimum atomic E-state index is -1.02. The van der Waals surface area contributed by atoms with E-state index in [1.165, 1.54) is 19.7 Å². The highest BCUT2D eigenvalue weighted by molar-refractivity contribution is 5.88. The van der Waals surface area contributed by atoms with Gasteiger partial charge in [0.1, 0.15) is 5.56 Å². The molecule has 1 N–H and O–H groups in total. The van der Waals surface area contributed by atoms with Crippen LogP contribution in [0.25, 0.3) is 0 Å². The second-order valence-electron chi connectivity index (χ2n) is 4.32. The van der Waals surface area contributed by atoms with Gasteiger partial charge in [-0.15, -0.1) is 0 Å². The fraction of sp³-hybridized carbons (Fsp3) is 0.583. The smallest absolute Gasteiger partial charge is 0.339 e. The summed E-state index contributed by atoms with van der Waals surface area (Å²) in [4.78, 5) is 21.6. The van der Waals surface area contributed by atoms with Crippen molar-refractivity contribution in [1.29, 1.82) is 0 Å². The van der Waals surface area contributed by atoms with Crippen LogP contribution < -0.4 is 4.90 Å². The first kappa shape index (κ1) is 12.8. The Labute approximate surface area is 106 Å². The third-order valence-electron chi connectivity index (χ3n) is 3.01. The van der Waals surface area contributed by atoms with Crippen LogP contribution in [0.15, 0.2) is 6.20 Å². The lowest BCUT2D eigenvalue weighted by molar-refractivity contribution is 0.0690. The van der Waals surface area contributed by atoms with Gasteiger partial charge in [0.05, 0.1) is 12.3 Å². The van der Waals surface area contributed by atoms with Crippen LogP contribution in [0, 0.1) is 0 Å². The lowest BCUT2D eigenvalue weighted by atomic mass is 10.1. The number of carboxylic acid groups (broad SMARTS) is 1. The maximum Gasteiger partial charge on any atom is 0.339 e. The Bertz CT molecular complexity index is 431. The van der Waals surface area contributed by atoms with Crippen molar-refractivity contribution in [3.63, 3.8) is 0 Å². The SMILES string of the molecule is COCc1nc(N2CCCCC2)ncc1C(=O)O. The highest BCUT2D eigenvalue weighted by Gasteiger charge is 2.18. The maximum absolute atomic E-state index is 11.0. The molecular formula is C12H17N3O3. The Morgan fingerprint density at radius 3 is 2.78 bits per heavy atom. The first-order chi connectivity index (χ1) is 8.72. The van der Waals surface area contributed by atoms with Crippen molar-refractivity contribution in [3.05, 3.63) is 17.5 Å². The standard InChI is InChI=1S/C12H17N3O3/c1-18-8-10-9(11(16)17)7-13-12(14-10)15-5-3-2-4-6-15/h7H,2-6,8H2,1H3,(H,16,17). The van der Waals surface area contributed by atoms with Crippen LogP contribution in [0.3, 0.4) is 0 Å². The Hall–Kier alpha value is -1.69. The number of rotatable bonds is 4. The summed E-state index contributed by atoms with van der Waals surface area (Å²) in [5.41, 5.74) is 0.540. The van der Waals surface area contributed by atoms with Gasteiger partial charge < -0.3 is 14.7 Å². The minimum absolute atomic E-state index is 0.109. The van der Waals surface area contributed by atoms with E-state index in [-0.39, 0.29) is 12.2 Å². The molecule has 1 aromatic rings. The zero-order chi connectivity index (χ0) is 13.0. The molecule has 1 aliphatic rings. The molecule has 18 heavy (non-hydrogen) atoms. The molecule has 2 heterocycles. The van der Waals surface area contributed by atoms with Crippen LogP contribution in [-0.4, -0.2) is 41.2 Å². The summed E-state index contributed by atoms with van der Waals surface area (Å²) in [6.45, 7) is 2.04. The van der Waals surface area contributed by atoms with Gasteiger partial charge in [0.2, 0.25) is 5.95 Å². The molecule has 1 fully saturated rings. The molecule has 0 aliphatic carbocycles. The Morgan fingerprint density at radius 2 is 2.17 bits per heavy atom. The molecule has 0 saturated carbocycles. The zero-order valence-electron chi connectivity index (χ0n) is 10.4. The van der Waals surface area contributed by atoms with Crippen LogP contribution >= 0.6 is 0 Å². The van der Waals surface area contributed by atoms with Crippen molar-refractivity contribution in [1.82, 2.24) is 9.97 Å². The number of piperidine rings is 1. The molecule has 0 amide bonds. The molecule has 0 atom stereocenters. The number of carbonyl (C=O) groups is 1. The van der Waals surface area contributed by atoms with Crippen molar-refractivity contribution in [2.45, 2.75) is 25.9 Å². The van der Waals surface area contributed by atoms with Gasteiger partial charge >= 0.3 is 5.97 Å². The molecule has 1 aromatic heterocycles. The van der Waals surface area contributed by atoms with Crippen LogP contribution in [-0.2, 0) is 11.3 Å². The lowest BCUT2D eigenvalue weighted by Gasteiger charge is -2.26. The maximum atomic E-state index is 11.0. The number of aromatic nitrogens is 2. The third-order valence-corrected chi connectivity index (χ3v) is 3.01. The number of anilines is 1. The van der Waals surface area contributed by atoms with Gasteiger partial charge in [-0.2, -0.15) is 0 Å². The molecule has 0 radical (unpaired) electrons. The molecule has 0 unspecified atom stereocenters. The molecule has 1 saturated heterocycles. The van der Waals surface area contributed by atoms with E-state index < -0.39 is 5.97 Å². The Balaban J connectivity index is 2.26. The summed E-state index contributed by atoms with van der Waals surface area (Å²) in [7, 11) is 1.52. The predicted molar refractivity (Wildman–Crippen MR) is 65.8 cm³/mol. The van der Waals surface area contributed by atoms with Gasteiger partial charge in [0, 0.05) is 26.4 Å². The van der Waals surface area contributed by atoms with Crippen molar-refractivity contribution < 1.29 is 14.6 Å². The first-order valence-electron chi connectivity index (χ1n) is 6.05. The Morgan fingerprint density at radius 1 is 1.44 bits per heavy atom. The van der Waals surface area contributed by atoms with Crippen molar-refractivity contribution >= 4 is 11.9 Å². The second-order valence-corrected chi connectivity index (χ2v) is 4.32. The van der Waals surface area contributed by atoms with Gasteiger partial charge in [-0.05, 0) is 19.3 Å². The number of carboxylic acids is 1. The number of hydrogen-bond donors (Lipinski definition) is 1. The number of methoxy groups -OCH3 is 1. The van der Waals surface area contributed by atoms with E-state index in [9.17, 15) is 4.79 Å². The lowest BCUT2D eigenvalue weighted by Crippen LogP contribution is -2.31. The predicted octanol–water partition coefficient (Wildman–Crippen LogP) is 1.31. The molecular weight excluding hydrogens is 234 g/mol. The van der Waals surface area contributed by atoms with E-state index in [1.54, 1.807) is 0 Å². The molecule has 98 valence electrons. The average Bonchev–Trinajstić information content (AvgIpc) is 2.40. The molecule has 0 spiro atoms. The highest BCUT2D eigenvalue weighted by atomic mass is 16.5. The topological polar surface area (TPSA) is 75.5 Å². The summed E-state index contributed by atoms with van der Waals surface area (Å²) >= 11 is 0. The van der Waals surface area contributed by atoms with E-state index in [4.69, 9.17) is 9.84 Å². The quantitative estimate of drug-likeness (QED) is 0.869. The van der Waals surface area contributed by atoms with E-state index in [0.717, 1.165) is 25.9 Å². The number of hydrogen-bond acceptors (Lipinski definition) is 5. The number of nitrogens with zero attached hydrogens (tertiary/aromatic N) is 3. The van der Waals surface area contributed by atoms with Gasteiger partial charge in [-0.3, -0.25) is 0 Å². The van der Waals surface area contributed by atoms with Crippen LogP contribution in [0.4, 0.5) is 5.95 Å². The summed E-state index contributed by atoms with van der Waals surface area (Å²) in [5, 5.41) is 9.04. The largest absolute Gasteiger partial charge is 0.478 e. The van der Waals surface area contributed by atoms with Crippen molar-refractivity contribution in [3.8, 4) is 0 Å². The summed E-state index contributed by atoms with van der Waals surface area (Å²) in [6, 6.07) is 0. The van der Waals surface area contributed by atoms with E-state index in [1.807, 2.05) is 0 Å². The second kappa shape index (κ2) is 5.77. The molecule has 6 nitrogen and oxygen atoms in total. The molecule has 0 aromatic carbocycles. The molecule has 1 aliphatic heterocycles. The monoisotopic (exact) mass is 251 g/mol. The van der Waals surface area contributed by atoms with E-state index in [2.05, 4.69) is 14.9 Å². The summed E-state index contributed by atoms with van der Waals surface area (Å²) < 4.78 is 4.99. The van der Waals surface area contributed by atoms with E-state index >= 15 is 0 Å². The normalized spacial score (nSPS) is 15.7. The highest BCUT2D eigenvalue weighted by Crippen LogP contribution is 2.17. The van der Waals surface area contributed by atoms with Crippen molar-refractivity contribution in [2.75, 3.05) is 25.1 Å². The fourth-order valence-corrected chi connectivity index (χ4v) is 2.08. The van der Waals surface area contributed by atoms with Gasteiger partial charge in [-0.25, -0.2) is 14.8 Å². The zero-order valence-corrected chi connectivity index (χ0v) is 10.4. The minimum Gasteiger partial charge on any atom is -0.478 e. The Kier molecular flexibility index (Phi) is 4.09. The molecule has 0 bridgehead atoms. The average molecular weight is 251 g/mol.